The summed E-state index contributed by atoms with van der Waals surface area (Å²) in [7, 11) is 0. The highest BCUT2D eigenvalue weighted by molar-refractivity contribution is 5.79. The second-order valence-electron chi connectivity index (χ2n) is 6.62. The number of aryl methyl sites for hydroxylation is 1. The number of benzene rings is 1. The van der Waals surface area contributed by atoms with E-state index in [0.717, 1.165) is 44.6 Å². The Morgan fingerprint density at radius 1 is 1.12 bits per heavy atom. The van der Waals surface area contributed by atoms with Crippen LogP contribution in [-0.2, 0) is 11.2 Å². The molecular formula is C19H22N4O. The topological polar surface area (TPSA) is 58.1 Å². The summed E-state index contributed by atoms with van der Waals surface area (Å²) in [6.07, 6.45) is 9.01. The van der Waals surface area contributed by atoms with Crippen molar-refractivity contribution in [2.75, 3.05) is 18.0 Å². The third-order valence-electron chi connectivity index (χ3n) is 5.19. The summed E-state index contributed by atoms with van der Waals surface area (Å²) in [4.78, 5) is 23.3. The molecule has 1 N–H and O–H groups in total. The predicted octanol–water partition coefficient (Wildman–Crippen LogP) is 2.50. The van der Waals surface area contributed by atoms with Crippen molar-refractivity contribution in [1.82, 2.24) is 15.3 Å². The van der Waals surface area contributed by atoms with Crippen molar-refractivity contribution >= 4 is 11.7 Å². The van der Waals surface area contributed by atoms with Crippen LogP contribution in [0.2, 0.25) is 0 Å². The van der Waals surface area contributed by atoms with Crippen LogP contribution < -0.4 is 10.2 Å². The summed E-state index contributed by atoms with van der Waals surface area (Å²) in [6, 6.07) is 8.63. The molecule has 0 unspecified atom stereocenters. The lowest BCUT2D eigenvalue weighted by Gasteiger charge is -2.32. The van der Waals surface area contributed by atoms with Crippen LogP contribution in [0.3, 0.4) is 0 Å². The van der Waals surface area contributed by atoms with Gasteiger partial charge in [-0.15, -0.1) is 0 Å². The highest BCUT2D eigenvalue weighted by Gasteiger charge is 2.29. The van der Waals surface area contributed by atoms with Gasteiger partial charge in [-0.1, -0.05) is 24.3 Å². The van der Waals surface area contributed by atoms with Gasteiger partial charge in [0.25, 0.3) is 0 Å². The summed E-state index contributed by atoms with van der Waals surface area (Å²) in [5.74, 6) is 1.21. The van der Waals surface area contributed by atoms with Gasteiger partial charge in [-0.05, 0) is 36.8 Å². The van der Waals surface area contributed by atoms with E-state index in [1.54, 1.807) is 18.6 Å². The van der Waals surface area contributed by atoms with Crippen molar-refractivity contribution in [3.8, 4) is 0 Å². The van der Waals surface area contributed by atoms with Crippen molar-refractivity contribution < 1.29 is 4.79 Å². The first kappa shape index (κ1) is 15.1. The van der Waals surface area contributed by atoms with Crippen LogP contribution in [0.5, 0.6) is 0 Å². The van der Waals surface area contributed by atoms with Gasteiger partial charge in [-0.2, -0.15) is 0 Å². The number of anilines is 1. The van der Waals surface area contributed by atoms with Gasteiger partial charge >= 0.3 is 0 Å². The summed E-state index contributed by atoms with van der Waals surface area (Å²) in [5.41, 5.74) is 2.67. The first-order valence-corrected chi connectivity index (χ1v) is 8.70. The number of fused-ring (bicyclic) bond motifs is 1. The van der Waals surface area contributed by atoms with Crippen LogP contribution in [0.4, 0.5) is 5.82 Å². The van der Waals surface area contributed by atoms with Gasteiger partial charge in [0.2, 0.25) is 5.91 Å². The molecule has 0 saturated carbocycles. The van der Waals surface area contributed by atoms with Gasteiger partial charge in [0.15, 0.2) is 0 Å². The Balaban J connectivity index is 1.34. The number of amides is 1. The van der Waals surface area contributed by atoms with Crippen LogP contribution in [0, 0.1) is 5.92 Å². The molecule has 1 aliphatic heterocycles. The molecule has 1 fully saturated rings. The van der Waals surface area contributed by atoms with E-state index >= 15 is 0 Å². The van der Waals surface area contributed by atoms with Gasteiger partial charge in [-0.25, -0.2) is 4.98 Å². The lowest BCUT2D eigenvalue weighted by Crippen LogP contribution is -2.41. The van der Waals surface area contributed by atoms with E-state index in [1.165, 1.54) is 11.1 Å². The maximum Gasteiger partial charge on any atom is 0.223 e. The first-order valence-electron chi connectivity index (χ1n) is 8.70. The number of hydrogen-bond acceptors (Lipinski definition) is 4. The number of nitrogens with one attached hydrogen (secondary N) is 1. The van der Waals surface area contributed by atoms with Crippen molar-refractivity contribution in [1.29, 1.82) is 0 Å². The number of carbonyl (C=O) groups is 1. The predicted molar refractivity (Wildman–Crippen MR) is 92.6 cm³/mol. The molecule has 0 radical (unpaired) electrons. The molecule has 1 aromatic heterocycles. The van der Waals surface area contributed by atoms with E-state index in [0.29, 0.717) is 0 Å². The van der Waals surface area contributed by atoms with E-state index in [9.17, 15) is 4.79 Å². The smallest absolute Gasteiger partial charge is 0.223 e. The van der Waals surface area contributed by atoms with Gasteiger partial charge in [0.1, 0.15) is 5.82 Å². The number of aromatic nitrogens is 2. The molecule has 1 aromatic carbocycles. The zero-order valence-electron chi connectivity index (χ0n) is 13.7. The molecule has 2 heterocycles. The van der Waals surface area contributed by atoms with Crippen LogP contribution >= 0.6 is 0 Å². The van der Waals surface area contributed by atoms with Crippen molar-refractivity contribution in [2.24, 2.45) is 5.92 Å². The number of rotatable bonds is 3. The highest BCUT2D eigenvalue weighted by atomic mass is 16.1. The van der Waals surface area contributed by atoms with Crippen molar-refractivity contribution in [2.45, 2.75) is 31.7 Å². The quantitative estimate of drug-likeness (QED) is 0.943. The van der Waals surface area contributed by atoms with Crippen molar-refractivity contribution in [3.63, 3.8) is 0 Å². The molecule has 5 nitrogen and oxygen atoms in total. The molecule has 1 saturated heterocycles. The molecule has 124 valence electrons. The molecule has 24 heavy (non-hydrogen) atoms. The number of piperidine rings is 1. The average molecular weight is 322 g/mol. The zero-order chi connectivity index (χ0) is 16.4. The lowest BCUT2D eigenvalue weighted by atomic mass is 9.95. The molecule has 2 aromatic rings. The number of carbonyl (C=O) groups excluding carboxylic acids is 1. The fraction of sp³-hybridized carbons (Fsp3) is 0.421. The lowest BCUT2D eigenvalue weighted by molar-refractivity contribution is -0.126. The Morgan fingerprint density at radius 3 is 2.75 bits per heavy atom. The van der Waals surface area contributed by atoms with Gasteiger partial charge < -0.3 is 10.2 Å². The third-order valence-corrected chi connectivity index (χ3v) is 5.19. The van der Waals surface area contributed by atoms with Crippen LogP contribution in [0.1, 0.15) is 36.4 Å². The van der Waals surface area contributed by atoms with E-state index in [4.69, 9.17) is 0 Å². The van der Waals surface area contributed by atoms with Gasteiger partial charge in [-0.3, -0.25) is 9.78 Å². The normalized spacial score (nSPS) is 20.7. The van der Waals surface area contributed by atoms with Gasteiger partial charge in [0.05, 0.1) is 12.2 Å². The monoisotopic (exact) mass is 322 g/mol. The summed E-state index contributed by atoms with van der Waals surface area (Å²) < 4.78 is 0. The minimum absolute atomic E-state index is 0.102. The maximum absolute atomic E-state index is 12.6. The van der Waals surface area contributed by atoms with E-state index in [-0.39, 0.29) is 17.9 Å². The SMILES string of the molecule is O=C(N[C@@H]1CCc2ccccc21)C1CCN(c2cnccn2)CC1. The van der Waals surface area contributed by atoms with E-state index in [2.05, 4.69) is 44.5 Å². The van der Waals surface area contributed by atoms with Gasteiger partial charge in [0, 0.05) is 31.4 Å². The summed E-state index contributed by atoms with van der Waals surface area (Å²) in [5, 5.41) is 3.27. The highest BCUT2D eigenvalue weighted by Crippen LogP contribution is 2.31. The fourth-order valence-corrected chi connectivity index (χ4v) is 3.82. The second kappa shape index (κ2) is 6.59. The Kier molecular flexibility index (Phi) is 4.15. The molecule has 2 aliphatic rings. The average Bonchev–Trinajstić information content (AvgIpc) is 3.06. The summed E-state index contributed by atoms with van der Waals surface area (Å²) >= 11 is 0. The molecular weight excluding hydrogens is 300 g/mol. The second-order valence-corrected chi connectivity index (χ2v) is 6.62. The standard InChI is InChI=1S/C19H22N4O/c24-19(22-17-6-5-14-3-1-2-4-16(14)17)15-7-11-23(12-8-15)18-13-20-9-10-21-18/h1-4,9-10,13,15,17H,5-8,11-12H2,(H,22,24)/t17-/m1/s1. The molecule has 1 amide bonds. The Labute approximate surface area is 142 Å². The minimum Gasteiger partial charge on any atom is -0.355 e. The fourth-order valence-electron chi connectivity index (χ4n) is 3.82. The Hall–Kier alpha value is -2.43. The van der Waals surface area contributed by atoms with E-state index < -0.39 is 0 Å². The summed E-state index contributed by atoms with van der Waals surface area (Å²) in [6.45, 7) is 1.72. The minimum atomic E-state index is 0.102. The Morgan fingerprint density at radius 2 is 1.96 bits per heavy atom. The zero-order valence-corrected chi connectivity index (χ0v) is 13.7. The largest absolute Gasteiger partial charge is 0.355 e. The number of nitrogens with zero attached hydrogens (tertiary/aromatic N) is 3. The molecule has 4 rings (SSSR count). The van der Waals surface area contributed by atoms with Crippen LogP contribution in [-0.4, -0.2) is 29.0 Å². The third kappa shape index (κ3) is 2.98. The van der Waals surface area contributed by atoms with Crippen molar-refractivity contribution in [3.05, 3.63) is 54.0 Å². The molecule has 0 spiro atoms. The molecule has 1 atom stereocenters. The maximum atomic E-state index is 12.6. The molecule has 5 heteroatoms. The number of hydrogen-bond donors (Lipinski definition) is 1. The Bertz CT molecular complexity index is 710. The molecule has 0 bridgehead atoms. The van der Waals surface area contributed by atoms with Crippen LogP contribution in [0.15, 0.2) is 42.9 Å². The van der Waals surface area contributed by atoms with E-state index in [1.807, 2.05) is 0 Å². The van der Waals surface area contributed by atoms with Crippen LogP contribution in [0.25, 0.3) is 0 Å². The molecule has 1 aliphatic carbocycles. The first-order chi connectivity index (χ1) is 11.8.